The number of hydrogen-bond donors (Lipinski definition) is 2. The Balaban J connectivity index is 0.000000238. The van der Waals surface area contributed by atoms with Gasteiger partial charge in [0, 0.05) is 5.41 Å². The van der Waals surface area contributed by atoms with Crippen LogP contribution in [0.4, 0.5) is 0 Å². The van der Waals surface area contributed by atoms with Crippen molar-refractivity contribution in [3.8, 4) is 11.5 Å². The van der Waals surface area contributed by atoms with Crippen LogP contribution in [0.2, 0.25) is 0 Å². The molecule has 0 heterocycles. The van der Waals surface area contributed by atoms with Crippen molar-refractivity contribution in [2.45, 2.75) is 168 Å². The van der Waals surface area contributed by atoms with Crippen molar-refractivity contribution in [3.63, 3.8) is 0 Å². The maximum absolute atomic E-state index is 13.7. The first-order valence-corrected chi connectivity index (χ1v) is 26.0. The number of carbonyl (C=O) groups is 2. The van der Waals surface area contributed by atoms with Crippen molar-refractivity contribution in [3.05, 3.63) is 129 Å². The fraction of sp³-hybridized carbons (Fsp3) is 0.574. The van der Waals surface area contributed by atoms with E-state index < -0.39 is 16.9 Å². The van der Waals surface area contributed by atoms with Gasteiger partial charge in [0.1, 0.15) is 37.4 Å². The summed E-state index contributed by atoms with van der Waals surface area (Å²) in [6, 6.07) is 30.0. The lowest BCUT2D eigenvalue weighted by molar-refractivity contribution is -0.168. The number of rotatable bonds is 14. The summed E-state index contributed by atoms with van der Waals surface area (Å²) in [5.41, 5.74) is 9.66. The largest absolute Gasteiger partial charge is 0.497 e. The lowest BCUT2D eigenvalue weighted by atomic mass is 9.49. The van der Waals surface area contributed by atoms with E-state index >= 15 is 0 Å². The van der Waals surface area contributed by atoms with Crippen LogP contribution in [0.3, 0.4) is 0 Å². The lowest BCUT2D eigenvalue weighted by Crippen LogP contribution is -2.53. The summed E-state index contributed by atoms with van der Waals surface area (Å²) in [4.78, 5) is 26.5. The maximum atomic E-state index is 13.7. The normalized spacial score (nSPS) is 26.5. The van der Waals surface area contributed by atoms with E-state index in [-0.39, 0.29) is 60.5 Å². The molecule has 0 bridgehead atoms. The van der Waals surface area contributed by atoms with Gasteiger partial charge in [-0.05, 0) is 168 Å². The van der Waals surface area contributed by atoms with Crippen molar-refractivity contribution in [2.24, 2.45) is 22.7 Å². The van der Waals surface area contributed by atoms with Crippen LogP contribution in [0.15, 0.2) is 84.9 Å². The van der Waals surface area contributed by atoms with Crippen molar-refractivity contribution in [1.29, 1.82) is 0 Å². The Bertz CT molecular complexity index is 2400. The molecular formula is C61H82O8. The van der Waals surface area contributed by atoms with Crippen LogP contribution in [0, 0.1) is 22.7 Å². The van der Waals surface area contributed by atoms with Gasteiger partial charge in [-0.25, -0.2) is 0 Å². The number of hydrogen-bond acceptors (Lipinski definition) is 8. The molecule has 4 aliphatic rings. The standard InChI is InChI=1S/C39H50O5.C22H32O3/c1-26(2)27-9-19-34-28(23-27)10-20-35-38(34,5)21-8-22-39(35,6)36(41)44-25-31(40)24-43-33-17-13-30(14-18-33)37(3,4)29-11-15-32(42-7)16-12-29;1-15(2)16-6-8-18-17(14-16)7-9-19-21(18,3)10-5-11-22(19,4)20(24)25-13-12-23/h9,11-19,23,26,31,35,40H,8,10,20-22,24-25H2,1-7H3;6,8,14-15,19,23H,5,7,9-13H2,1-4H3. The highest BCUT2D eigenvalue weighted by Gasteiger charge is 2.57. The number of methoxy groups -OCH3 is 1. The molecule has 7 unspecified atom stereocenters. The van der Waals surface area contributed by atoms with Crippen LogP contribution in [0.25, 0.3) is 0 Å². The first-order valence-electron chi connectivity index (χ1n) is 26.0. The molecule has 2 saturated carbocycles. The molecule has 0 radical (unpaired) electrons. The summed E-state index contributed by atoms with van der Waals surface area (Å²) >= 11 is 0. The third kappa shape index (κ3) is 10.4. The summed E-state index contributed by atoms with van der Waals surface area (Å²) in [5.74, 6) is 2.75. The number of fused-ring (bicyclic) bond motifs is 6. The van der Waals surface area contributed by atoms with Gasteiger partial charge in [-0.15, -0.1) is 0 Å². The molecule has 0 saturated heterocycles. The lowest BCUT2D eigenvalue weighted by Gasteiger charge is -2.54. The molecule has 0 spiro atoms. The smallest absolute Gasteiger partial charge is 0.312 e. The first kappa shape index (κ1) is 52.2. The van der Waals surface area contributed by atoms with Gasteiger partial charge in [0.2, 0.25) is 0 Å². The number of benzene rings is 4. The average Bonchev–Trinajstić information content (AvgIpc) is 3.34. The molecule has 8 rings (SSSR count). The Labute approximate surface area is 413 Å². The van der Waals surface area contributed by atoms with Gasteiger partial charge in [-0.1, -0.05) is 129 Å². The van der Waals surface area contributed by atoms with Crippen LogP contribution >= 0.6 is 0 Å². The summed E-state index contributed by atoms with van der Waals surface area (Å²) < 4.78 is 22.4. The molecule has 2 fully saturated rings. The number of ether oxygens (including phenoxy) is 4. The van der Waals surface area contributed by atoms with Crippen LogP contribution in [-0.2, 0) is 48.1 Å². The molecule has 0 aliphatic heterocycles. The minimum Gasteiger partial charge on any atom is -0.497 e. The number of aliphatic hydroxyl groups is 2. The van der Waals surface area contributed by atoms with E-state index in [0.717, 1.165) is 75.5 Å². The predicted octanol–water partition coefficient (Wildman–Crippen LogP) is 12.5. The molecule has 4 aromatic carbocycles. The van der Waals surface area contributed by atoms with E-state index in [1.54, 1.807) is 7.11 Å². The Hall–Kier alpha value is -4.66. The van der Waals surface area contributed by atoms with E-state index in [1.165, 1.54) is 38.9 Å². The summed E-state index contributed by atoms with van der Waals surface area (Å²) in [5, 5.41) is 19.7. The van der Waals surface area contributed by atoms with Crippen molar-refractivity contribution in [2.75, 3.05) is 33.5 Å². The van der Waals surface area contributed by atoms with Crippen molar-refractivity contribution < 1.29 is 38.7 Å². The van der Waals surface area contributed by atoms with Crippen molar-refractivity contribution in [1.82, 2.24) is 0 Å². The Kier molecular flexibility index (Phi) is 15.9. The number of carbonyl (C=O) groups excluding carboxylic acids is 2. The second-order valence-electron chi connectivity index (χ2n) is 23.0. The van der Waals surface area contributed by atoms with Gasteiger partial charge in [0.15, 0.2) is 0 Å². The maximum Gasteiger partial charge on any atom is 0.312 e. The molecule has 0 aromatic heterocycles. The summed E-state index contributed by atoms with van der Waals surface area (Å²) in [7, 11) is 1.67. The molecule has 8 nitrogen and oxygen atoms in total. The SMILES string of the molecule is CC(C)c1ccc2c(c1)CCC1C(C)(C(=O)OCCO)CCCC21C.COc1ccc(C(C)(C)c2ccc(OCC(O)COC(=O)C3(C)CCCC4(C)c5ccc(C(C)C)cc5CCC34)cc2)cc1. The fourth-order valence-electron chi connectivity index (χ4n) is 13.3. The molecular weight excluding hydrogens is 861 g/mol. The third-order valence-corrected chi connectivity index (χ3v) is 17.6. The molecule has 69 heavy (non-hydrogen) atoms. The number of esters is 2. The van der Waals surface area contributed by atoms with Crippen molar-refractivity contribution >= 4 is 11.9 Å². The average molecular weight is 943 g/mol. The molecule has 4 aromatic rings. The van der Waals surface area contributed by atoms with Crippen LogP contribution < -0.4 is 9.47 Å². The van der Waals surface area contributed by atoms with Crippen LogP contribution in [0.5, 0.6) is 11.5 Å². The van der Waals surface area contributed by atoms with E-state index in [0.29, 0.717) is 23.5 Å². The van der Waals surface area contributed by atoms with E-state index in [4.69, 9.17) is 24.1 Å². The minimum atomic E-state index is -0.908. The summed E-state index contributed by atoms with van der Waals surface area (Å²) in [6.45, 7) is 22.2. The van der Waals surface area contributed by atoms with Gasteiger partial charge in [0.05, 0.1) is 24.5 Å². The topological polar surface area (TPSA) is 112 Å². The quantitative estimate of drug-likeness (QED) is 0.120. The van der Waals surface area contributed by atoms with Gasteiger partial charge >= 0.3 is 11.9 Å². The molecule has 4 aliphatic carbocycles. The summed E-state index contributed by atoms with van der Waals surface area (Å²) in [6.07, 6.45) is 9.09. The van der Waals surface area contributed by atoms with Crippen LogP contribution in [-0.4, -0.2) is 61.8 Å². The zero-order valence-corrected chi connectivity index (χ0v) is 43.7. The first-order chi connectivity index (χ1) is 32.7. The van der Waals surface area contributed by atoms with E-state index in [1.807, 2.05) is 24.3 Å². The number of aliphatic hydroxyl groups excluding tert-OH is 2. The Morgan fingerprint density at radius 3 is 1.52 bits per heavy atom. The van der Waals surface area contributed by atoms with Gasteiger partial charge in [-0.2, -0.15) is 0 Å². The highest BCUT2D eigenvalue weighted by molar-refractivity contribution is 5.78. The monoisotopic (exact) mass is 943 g/mol. The zero-order valence-electron chi connectivity index (χ0n) is 43.7. The molecule has 2 N–H and O–H groups in total. The Morgan fingerprint density at radius 2 is 1.09 bits per heavy atom. The second kappa shape index (κ2) is 21.0. The zero-order chi connectivity index (χ0) is 49.9. The van der Waals surface area contributed by atoms with Gasteiger partial charge < -0.3 is 29.2 Å². The third-order valence-electron chi connectivity index (χ3n) is 17.6. The highest BCUT2D eigenvalue weighted by atomic mass is 16.6. The molecule has 0 amide bonds. The Morgan fingerprint density at radius 1 is 0.638 bits per heavy atom. The molecule has 374 valence electrons. The minimum absolute atomic E-state index is 0.0360. The second-order valence-corrected chi connectivity index (χ2v) is 23.0. The van der Waals surface area contributed by atoms with E-state index in [9.17, 15) is 14.7 Å². The van der Waals surface area contributed by atoms with Crippen LogP contribution in [0.1, 0.15) is 177 Å². The van der Waals surface area contributed by atoms with Gasteiger partial charge in [-0.3, -0.25) is 9.59 Å². The fourth-order valence-corrected chi connectivity index (χ4v) is 13.3. The van der Waals surface area contributed by atoms with Gasteiger partial charge in [0.25, 0.3) is 0 Å². The van der Waals surface area contributed by atoms with E-state index in [2.05, 4.69) is 130 Å². The predicted molar refractivity (Wildman–Crippen MR) is 275 cm³/mol. The molecule has 8 heteroatoms. The molecule has 7 atom stereocenters. The number of aryl methyl sites for hydroxylation is 2. The highest BCUT2D eigenvalue weighted by Crippen LogP contribution is 2.59.